The van der Waals surface area contributed by atoms with Gasteiger partial charge in [-0.05, 0) is 58.4 Å². The molecular weight excluding hydrogens is 266 g/mol. The van der Waals surface area contributed by atoms with Crippen LogP contribution in [-0.4, -0.2) is 29.8 Å². The summed E-state index contributed by atoms with van der Waals surface area (Å²) in [6.45, 7) is 6.98. The fraction of sp³-hybridized carbons (Fsp3) is 0.875. The minimum Gasteiger partial charge on any atom is -0.367 e. The van der Waals surface area contributed by atoms with Crippen molar-refractivity contribution in [2.75, 3.05) is 19.7 Å². The van der Waals surface area contributed by atoms with Crippen LogP contribution in [0.5, 0.6) is 0 Å². The fourth-order valence-corrected chi connectivity index (χ4v) is 3.88. The molecule has 0 spiro atoms. The van der Waals surface area contributed by atoms with Crippen molar-refractivity contribution in [1.29, 1.82) is 0 Å². The maximum atomic E-state index is 6.04. The molecule has 1 atom stereocenters. The Morgan fingerprint density at radius 2 is 2.00 bits per heavy atom. The average Bonchev–Trinajstić information content (AvgIpc) is 3.18. The molecule has 0 amide bonds. The first-order chi connectivity index (χ1) is 10.2. The van der Waals surface area contributed by atoms with Crippen molar-refractivity contribution >= 4 is 0 Å². The third kappa shape index (κ3) is 2.61. The Balaban J connectivity index is 1.88. The van der Waals surface area contributed by atoms with Gasteiger partial charge in [-0.2, -0.15) is 4.98 Å². The quantitative estimate of drug-likeness (QED) is 0.904. The molecule has 0 radical (unpaired) electrons. The van der Waals surface area contributed by atoms with Gasteiger partial charge in [0.15, 0.2) is 0 Å². The van der Waals surface area contributed by atoms with Gasteiger partial charge in [-0.3, -0.25) is 0 Å². The molecule has 1 aliphatic heterocycles. The van der Waals surface area contributed by atoms with Crippen LogP contribution in [0.4, 0.5) is 0 Å². The zero-order valence-electron chi connectivity index (χ0n) is 13.3. The van der Waals surface area contributed by atoms with Gasteiger partial charge in [0, 0.05) is 13.2 Å². The number of rotatable bonds is 5. The van der Waals surface area contributed by atoms with E-state index in [1.54, 1.807) is 0 Å². The Labute approximate surface area is 126 Å². The Morgan fingerprint density at radius 1 is 1.19 bits per heavy atom. The number of piperidine rings is 1. The van der Waals surface area contributed by atoms with Crippen LogP contribution in [-0.2, 0) is 15.8 Å². The van der Waals surface area contributed by atoms with Gasteiger partial charge < -0.3 is 14.6 Å². The van der Waals surface area contributed by atoms with E-state index in [-0.39, 0.29) is 11.0 Å². The lowest BCUT2D eigenvalue weighted by Gasteiger charge is -2.33. The lowest BCUT2D eigenvalue weighted by Crippen LogP contribution is -2.43. The molecule has 118 valence electrons. The summed E-state index contributed by atoms with van der Waals surface area (Å²) in [5, 5.41) is 7.80. The average molecular weight is 293 g/mol. The number of ether oxygens (including phenoxy) is 1. The van der Waals surface area contributed by atoms with Gasteiger partial charge in [0.2, 0.25) is 11.7 Å². The lowest BCUT2D eigenvalue weighted by molar-refractivity contribution is -0.0469. The SMILES string of the molecule is CCOC1(c2noc(C3(CC)CCCNC3)n2)CCCC1. The standard InChI is InChI=1S/C16H27N3O2/c1-3-15(8-7-11-17-12-15)14-18-13(19-21-14)16(20-4-2)9-5-6-10-16/h17H,3-12H2,1-2H3. The molecular formula is C16H27N3O2. The van der Waals surface area contributed by atoms with Gasteiger partial charge in [0.05, 0.1) is 5.41 Å². The molecule has 1 aliphatic carbocycles. The van der Waals surface area contributed by atoms with E-state index >= 15 is 0 Å². The summed E-state index contributed by atoms with van der Waals surface area (Å²) in [6.07, 6.45) is 7.72. The Kier molecular flexibility index (Phi) is 4.31. The highest BCUT2D eigenvalue weighted by Gasteiger charge is 2.44. The van der Waals surface area contributed by atoms with E-state index in [4.69, 9.17) is 14.2 Å². The van der Waals surface area contributed by atoms with Crippen molar-refractivity contribution in [2.24, 2.45) is 0 Å². The number of nitrogens with zero attached hydrogens (tertiary/aromatic N) is 2. The van der Waals surface area contributed by atoms with Crippen molar-refractivity contribution < 1.29 is 9.26 Å². The molecule has 0 aromatic carbocycles. The summed E-state index contributed by atoms with van der Waals surface area (Å²) in [5.41, 5.74) is -0.289. The zero-order chi connectivity index (χ0) is 14.8. The molecule has 5 heteroatoms. The first-order valence-electron chi connectivity index (χ1n) is 8.44. The van der Waals surface area contributed by atoms with Crippen LogP contribution in [0.1, 0.15) is 70.5 Å². The van der Waals surface area contributed by atoms with Crippen LogP contribution < -0.4 is 5.32 Å². The minimum atomic E-state index is -0.298. The van der Waals surface area contributed by atoms with E-state index in [1.807, 2.05) is 6.92 Å². The topological polar surface area (TPSA) is 60.2 Å². The molecule has 1 saturated heterocycles. The molecule has 3 rings (SSSR count). The summed E-state index contributed by atoms with van der Waals surface area (Å²) in [7, 11) is 0. The van der Waals surface area contributed by atoms with Crippen molar-refractivity contribution in [3.8, 4) is 0 Å². The molecule has 0 bridgehead atoms. The molecule has 1 N–H and O–H groups in total. The summed E-state index contributed by atoms with van der Waals surface area (Å²) >= 11 is 0. The molecule has 1 unspecified atom stereocenters. The first kappa shape index (κ1) is 15.0. The molecule has 1 saturated carbocycles. The Bertz CT molecular complexity index is 441. The molecule has 21 heavy (non-hydrogen) atoms. The van der Waals surface area contributed by atoms with E-state index < -0.39 is 0 Å². The van der Waals surface area contributed by atoms with Crippen molar-refractivity contribution in [3.05, 3.63) is 11.7 Å². The smallest absolute Gasteiger partial charge is 0.234 e. The van der Waals surface area contributed by atoms with Crippen LogP contribution in [0.15, 0.2) is 4.52 Å². The van der Waals surface area contributed by atoms with Crippen LogP contribution >= 0.6 is 0 Å². The Morgan fingerprint density at radius 3 is 2.62 bits per heavy atom. The molecule has 5 nitrogen and oxygen atoms in total. The second kappa shape index (κ2) is 6.05. The Hall–Kier alpha value is -0.940. The highest BCUT2D eigenvalue weighted by molar-refractivity contribution is 5.12. The van der Waals surface area contributed by atoms with E-state index in [1.165, 1.54) is 19.3 Å². The van der Waals surface area contributed by atoms with Crippen LogP contribution in [0.25, 0.3) is 0 Å². The molecule has 1 aromatic heterocycles. The number of hydrogen-bond acceptors (Lipinski definition) is 5. The highest BCUT2D eigenvalue weighted by atomic mass is 16.5. The maximum absolute atomic E-state index is 6.04. The normalized spacial score (nSPS) is 28.9. The van der Waals surface area contributed by atoms with Gasteiger partial charge in [0.1, 0.15) is 5.60 Å². The first-order valence-corrected chi connectivity index (χ1v) is 8.44. The summed E-state index contributed by atoms with van der Waals surface area (Å²) < 4.78 is 11.7. The van der Waals surface area contributed by atoms with Crippen molar-refractivity contribution in [3.63, 3.8) is 0 Å². The minimum absolute atomic E-state index is 0.00943. The maximum Gasteiger partial charge on any atom is 0.234 e. The predicted molar refractivity (Wildman–Crippen MR) is 80.1 cm³/mol. The van der Waals surface area contributed by atoms with Gasteiger partial charge in [-0.25, -0.2) is 0 Å². The monoisotopic (exact) mass is 293 g/mol. The van der Waals surface area contributed by atoms with E-state index in [9.17, 15) is 0 Å². The van der Waals surface area contributed by atoms with E-state index in [0.717, 1.165) is 50.5 Å². The highest BCUT2D eigenvalue weighted by Crippen LogP contribution is 2.42. The van der Waals surface area contributed by atoms with Gasteiger partial charge in [-0.1, -0.05) is 12.1 Å². The van der Waals surface area contributed by atoms with Gasteiger partial charge in [-0.15, -0.1) is 0 Å². The number of aromatic nitrogens is 2. The second-order valence-electron chi connectivity index (χ2n) is 6.47. The molecule has 1 aromatic rings. The van der Waals surface area contributed by atoms with Crippen molar-refractivity contribution in [2.45, 2.75) is 69.8 Å². The third-order valence-corrected chi connectivity index (χ3v) is 5.27. The molecule has 2 aliphatic rings. The van der Waals surface area contributed by atoms with E-state index in [2.05, 4.69) is 17.4 Å². The predicted octanol–water partition coefficient (Wildman–Crippen LogP) is 2.91. The van der Waals surface area contributed by atoms with Gasteiger partial charge >= 0.3 is 0 Å². The molecule has 2 fully saturated rings. The largest absolute Gasteiger partial charge is 0.367 e. The third-order valence-electron chi connectivity index (χ3n) is 5.27. The van der Waals surface area contributed by atoms with Crippen LogP contribution in [0, 0.1) is 0 Å². The summed E-state index contributed by atoms with van der Waals surface area (Å²) in [6, 6.07) is 0. The number of hydrogen-bond donors (Lipinski definition) is 1. The lowest BCUT2D eigenvalue weighted by atomic mass is 9.78. The fourth-order valence-electron chi connectivity index (χ4n) is 3.88. The van der Waals surface area contributed by atoms with Gasteiger partial charge in [0.25, 0.3) is 0 Å². The summed E-state index contributed by atoms with van der Waals surface area (Å²) in [5.74, 6) is 1.58. The van der Waals surface area contributed by atoms with Crippen molar-refractivity contribution in [1.82, 2.24) is 15.5 Å². The van der Waals surface area contributed by atoms with Crippen LogP contribution in [0.3, 0.4) is 0 Å². The second-order valence-corrected chi connectivity index (χ2v) is 6.47. The summed E-state index contributed by atoms with van der Waals surface area (Å²) in [4.78, 5) is 4.81. The molecule has 2 heterocycles. The number of nitrogens with one attached hydrogen (secondary N) is 1. The van der Waals surface area contributed by atoms with E-state index in [0.29, 0.717) is 6.61 Å². The zero-order valence-corrected chi connectivity index (χ0v) is 13.3. The van der Waals surface area contributed by atoms with Crippen LogP contribution in [0.2, 0.25) is 0 Å².